The third-order valence-electron chi connectivity index (χ3n) is 5.08. The molecule has 0 bridgehead atoms. The highest BCUT2D eigenvalue weighted by molar-refractivity contribution is 6.74. The third-order valence-corrected chi connectivity index (χ3v) is 9.58. The molecule has 1 aromatic carbocycles. The summed E-state index contributed by atoms with van der Waals surface area (Å²) in [5, 5.41) is 12.3. The number of hydrogen-bond acceptors (Lipinski definition) is 4. The van der Waals surface area contributed by atoms with Crippen LogP contribution >= 0.6 is 0 Å². The Kier molecular flexibility index (Phi) is 8.47. The predicted octanol–water partition coefficient (Wildman–Crippen LogP) is 4.99. The molecule has 0 aromatic heterocycles. The van der Waals surface area contributed by atoms with Gasteiger partial charge in [0.25, 0.3) is 0 Å². The molecule has 2 N–H and O–H groups in total. The van der Waals surface area contributed by atoms with Gasteiger partial charge in [-0.15, -0.1) is 0 Å². The summed E-state index contributed by atoms with van der Waals surface area (Å²) in [4.78, 5) is 24.1. The van der Waals surface area contributed by atoms with Crippen LogP contribution in [0, 0.1) is 0 Å². The molecule has 6 nitrogen and oxygen atoms in total. The summed E-state index contributed by atoms with van der Waals surface area (Å²) in [7, 11) is -2.27. The third kappa shape index (κ3) is 9.00. The molecule has 0 saturated carbocycles. The van der Waals surface area contributed by atoms with Gasteiger partial charge >= 0.3 is 12.1 Å². The summed E-state index contributed by atoms with van der Waals surface area (Å²) in [6.07, 6.45) is -0.985. The molecule has 0 aliphatic carbocycles. The Balaban J connectivity index is 3.19. The van der Waals surface area contributed by atoms with Crippen molar-refractivity contribution in [3.05, 3.63) is 35.9 Å². The van der Waals surface area contributed by atoms with Crippen LogP contribution in [0.4, 0.5) is 4.79 Å². The van der Waals surface area contributed by atoms with Gasteiger partial charge in [0, 0.05) is 0 Å². The highest BCUT2D eigenvalue weighted by Gasteiger charge is 2.42. The number of nitrogens with one attached hydrogen (secondary N) is 1. The Morgan fingerprint density at radius 1 is 1.07 bits per heavy atom. The van der Waals surface area contributed by atoms with Crippen LogP contribution in [0.25, 0.3) is 0 Å². The number of carbonyl (C=O) groups excluding carboxylic acids is 1. The molecule has 0 saturated heterocycles. The van der Waals surface area contributed by atoms with Crippen LogP contribution in [0.5, 0.6) is 0 Å². The first-order valence-electron chi connectivity index (χ1n) is 10.0. The second-order valence-electron chi connectivity index (χ2n) is 9.96. The van der Waals surface area contributed by atoms with Gasteiger partial charge in [0.05, 0.1) is 18.6 Å². The van der Waals surface area contributed by atoms with E-state index in [-0.39, 0.29) is 11.5 Å². The molecule has 164 valence electrons. The van der Waals surface area contributed by atoms with Crippen LogP contribution in [-0.2, 0) is 20.4 Å². The molecule has 0 aliphatic heterocycles. The van der Waals surface area contributed by atoms with E-state index in [1.54, 1.807) is 20.8 Å². The van der Waals surface area contributed by atoms with Gasteiger partial charge in [-0.2, -0.15) is 0 Å². The summed E-state index contributed by atoms with van der Waals surface area (Å²) in [6, 6.07) is 9.13. The van der Waals surface area contributed by atoms with Crippen molar-refractivity contribution in [2.75, 3.05) is 0 Å². The topological polar surface area (TPSA) is 84.9 Å². The van der Waals surface area contributed by atoms with Crippen molar-refractivity contribution in [1.29, 1.82) is 0 Å². The predicted molar refractivity (Wildman–Crippen MR) is 118 cm³/mol. The number of alkyl carbamates (subject to hydrolysis) is 1. The number of benzene rings is 1. The number of carboxylic acid groups (broad SMARTS) is 1. The Bertz CT molecular complexity index is 677. The van der Waals surface area contributed by atoms with Crippen LogP contribution in [0.3, 0.4) is 0 Å². The second-order valence-corrected chi connectivity index (χ2v) is 14.7. The van der Waals surface area contributed by atoms with Gasteiger partial charge in [-0.3, -0.25) is 4.79 Å². The van der Waals surface area contributed by atoms with Crippen LogP contribution in [0.1, 0.15) is 53.5 Å². The molecule has 0 heterocycles. The monoisotopic (exact) mass is 423 g/mol. The van der Waals surface area contributed by atoms with E-state index >= 15 is 0 Å². The van der Waals surface area contributed by atoms with E-state index in [4.69, 9.17) is 9.16 Å². The number of hydrogen-bond donors (Lipinski definition) is 2. The minimum atomic E-state index is -2.27. The van der Waals surface area contributed by atoms with E-state index in [1.807, 2.05) is 30.3 Å². The average Bonchev–Trinajstić information content (AvgIpc) is 2.51. The van der Waals surface area contributed by atoms with Crippen molar-refractivity contribution < 1.29 is 23.9 Å². The van der Waals surface area contributed by atoms with E-state index in [2.05, 4.69) is 39.2 Å². The van der Waals surface area contributed by atoms with Gasteiger partial charge in [-0.05, 0) is 50.9 Å². The fourth-order valence-corrected chi connectivity index (χ4v) is 3.95. The largest absolute Gasteiger partial charge is 0.481 e. The van der Waals surface area contributed by atoms with Crippen molar-refractivity contribution in [2.24, 2.45) is 0 Å². The Labute approximate surface area is 176 Å². The molecule has 2 unspecified atom stereocenters. The van der Waals surface area contributed by atoms with Crippen molar-refractivity contribution in [3.63, 3.8) is 0 Å². The molecule has 0 radical (unpaired) electrons. The minimum Gasteiger partial charge on any atom is -0.481 e. The quantitative estimate of drug-likeness (QED) is 0.576. The Morgan fingerprint density at radius 3 is 2.07 bits per heavy atom. The number of carbonyl (C=O) groups is 2. The molecule has 0 aliphatic rings. The normalized spacial score (nSPS) is 14.8. The minimum absolute atomic E-state index is 0.0903. The number of amides is 1. The van der Waals surface area contributed by atoms with Gasteiger partial charge in [0.15, 0.2) is 8.32 Å². The number of rotatable bonds is 8. The van der Waals surface area contributed by atoms with Crippen molar-refractivity contribution >= 4 is 20.4 Å². The Morgan fingerprint density at radius 2 is 1.62 bits per heavy atom. The molecule has 0 spiro atoms. The lowest BCUT2D eigenvalue weighted by molar-refractivity contribution is -0.139. The fraction of sp³-hybridized carbons (Fsp3) is 0.636. The molecule has 1 amide bonds. The van der Waals surface area contributed by atoms with Gasteiger partial charge in [-0.1, -0.05) is 51.1 Å². The van der Waals surface area contributed by atoms with Gasteiger partial charge < -0.3 is 19.6 Å². The zero-order valence-electron chi connectivity index (χ0n) is 19.0. The smallest absolute Gasteiger partial charge is 0.407 e. The molecule has 2 atom stereocenters. The summed E-state index contributed by atoms with van der Waals surface area (Å²) in [5.41, 5.74) is 0.340. The molecular weight excluding hydrogens is 386 g/mol. The molecular formula is C22H37NO5Si. The maximum absolute atomic E-state index is 12.5. The van der Waals surface area contributed by atoms with Crippen LogP contribution in [0.2, 0.25) is 18.1 Å². The van der Waals surface area contributed by atoms with E-state index < -0.39 is 38.1 Å². The molecule has 29 heavy (non-hydrogen) atoms. The second kappa shape index (κ2) is 9.76. The summed E-state index contributed by atoms with van der Waals surface area (Å²) in [5.74, 6) is -0.960. The van der Waals surface area contributed by atoms with Gasteiger partial charge in [-0.25, -0.2) is 4.79 Å². The lowest BCUT2D eigenvalue weighted by Crippen LogP contribution is -2.53. The molecule has 7 heteroatoms. The highest BCUT2D eigenvalue weighted by Crippen LogP contribution is 2.38. The zero-order valence-corrected chi connectivity index (χ0v) is 20.0. The van der Waals surface area contributed by atoms with Crippen molar-refractivity contribution in [3.8, 4) is 0 Å². The summed E-state index contributed by atoms with van der Waals surface area (Å²) < 4.78 is 11.9. The maximum atomic E-state index is 12.5. The van der Waals surface area contributed by atoms with Crippen molar-refractivity contribution in [1.82, 2.24) is 5.32 Å². The standard InChI is InChI=1S/C22H37NO5Si/c1-21(2,3)27-20(26)23-17(14-16-12-10-9-11-13-16)18(15-19(24)25)28-29(7,8)22(4,5)6/h9-13,17-18H,14-15H2,1-8H3,(H,23,26)(H,24,25). The van der Waals surface area contributed by atoms with E-state index in [0.29, 0.717) is 6.42 Å². The molecule has 0 fully saturated rings. The zero-order chi connectivity index (χ0) is 22.5. The first kappa shape index (κ1) is 25.2. The van der Waals surface area contributed by atoms with Crippen LogP contribution in [-0.4, -0.2) is 43.2 Å². The first-order valence-corrected chi connectivity index (χ1v) is 12.9. The van der Waals surface area contributed by atoms with Crippen LogP contribution in [0.15, 0.2) is 30.3 Å². The number of aliphatic carboxylic acids is 1. The van der Waals surface area contributed by atoms with Gasteiger partial charge in [0.1, 0.15) is 5.60 Å². The average molecular weight is 424 g/mol. The summed E-state index contributed by atoms with van der Waals surface area (Å²) >= 11 is 0. The number of ether oxygens (including phenoxy) is 1. The fourth-order valence-electron chi connectivity index (χ4n) is 2.60. The van der Waals surface area contributed by atoms with E-state index in [9.17, 15) is 14.7 Å². The van der Waals surface area contributed by atoms with E-state index in [1.165, 1.54) is 0 Å². The Hall–Kier alpha value is -1.86. The van der Waals surface area contributed by atoms with Gasteiger partial charge in [0.2, 0.25) is 0 Å². The van der Waals surface area contributed by atoms with Crippen molar-refractivity contribution in [2.45, 2.75) is 90.3 Å². The first-order chi connectivity index (χ1) is 13.1. The molecule has 1 aromatic rings. The van der Waals surface area contributed by atoms with E-state index in [0.717, 1.165) is 5.56 Å². The SMILES string of the molecule is CC(C)(C)OC(=O)NC(Cc1ccccc1)C(CC(=O)O)O[Si](C)(C)C(C)(C)C. The lowest BCUT2D eigenvalue weighted by Gasteiger charge is -2.41. The van der Waals surface area contributed by atoms with Crippen LogP contribution < -0.4 is 5.32 Å². The maximum Gasteiger partial charge on any atom is 0.407 e. The highest BCUT2D eigenvalue weighted by atomic mass is 28.4. The lowest BCUT2D eigenvalue weighted by atomic mass is 9.99. The number of carboxylic acids is 1. The summed E-state index contributed by atoms with van der Waals surface area (Å²) in [6.45, 7) is 15.8. The molecule has 1 rings (SSSR count).